The van der Waals surface area contributed by atoms with Gasteiger partial charge >= 0.3 is 0 Å². The summed E-state index contributed by atoms with van der Waals surface area (Å²) in [5.74, 6) is 0. The standard InChI is InChI=1S/C43H28O/c1-2-16-32(17-3-1)43(38-23-7-4-19-35(38)36-20-5-8-24-39(36)43)33-18-11-14-30(28-33)29-13-10-15-31(27-29)34-22-12-26-41-42(34)37-21-6-9-25-40(37)44-41/h1-28H. The Balaban J connectivity index is 1.25. The number of para-hydroxylation sites is 1. The highest BCUT2D eigenvalue weighted by atomic mass is 16.3. The second-order valence-electron chi connectivity index (χ2n) is 11.6. The van der Waals surface area contributed by atoms with E-state index in [1.54, 1.807) is 0 Å². The van der Waals surface area contributed by atoms with E-state index in [2.05, 4.69) is 158 Å². The van der Waals surface area contributed by atoms with Gasteiger partial charge < -0.3 is 4.42 Å². The third kappa shape index (κ3) is 3.53. The molecule has 9 rings (SSSR count). The van der Waals surface area contributed by atoms with Crippen molar-refractivity contribution in [2.24, 2.45) is 0 Å². The Morgan fingerprint density at radius 2 is 0.909 bits per heavy atom. The fourth-order valence-corrected chi connectivity index (χ4v) is 7.53. The van der Waals surface area contributed by atoms with Crippen molar-refractivity contribution < 1.29 is 4.42 Å². The summed E-state index contributed by atoms with van der Waals surface area (Å²) in [5, 5.41) is 2.31. The summed E-state index contributed by atoms with van der Waals surface area (Å²) in [6, 6.07) is 61.6. The Morgan fingerprint density at radius 3 is 1.70 bits per heavy atom. The molecule has 0 amide bonds. The zero-order chi connectivity index (χ0) is 29.1. The molecule has 0 fully saturated rings. The molecule has 44 heavy (non-hydrogen) atoms. The molecular formula is C43H28O. The highest BCUT2D eigenvalue weighted by molar-refractivity contribution is 6.12. The van der Waals surface area contributed by atoms with Gasteiger partial charge in [0.2, 0.25) is 0 Å². The van der Waals surface area contributed by atoms with E-state index in [0.29, 0.717) is 0 Å². The molecule has 0 N–H and O–H groups in total. The molecule has 0 saturated carbocycles. The van der Waals surface area contributed by atoms with Gasteiger partial charge in [-0.05, 0) is 79.9 Å². The zero-order valence-corrected chi connectivity index (χ0v) is 24.1. The van der Waals surface area contributed by atoms with E-state index in [1.165, 1.54) is 55.6 Å². The highest BCUT2D eigenvalue weighted by Gasteiger charge is 2.45. The molecule has 1 heterocycles. The molecule has 0 atom stereocenters. The van der Waals surface area contributed by atoms with Crippen LogP contribution in [0.25, 0.3) is 55.3 Å². The van der Waals surface area contributed by atoms with Gasteiger partial charge in [-0.2, -0.15) is 0 Å². The fourth-order valence-electron chi connectivity index (χ4n) is 7.53. The molecule has 1 aliphatic rings. The van der Waals surface area contributed by atoms with Crippen molar-refractivity contribution in [1.82, 2.24) is 0 Å². The minimum atomic E-state index is -0.413. The lowest BCUT2D eigenvalue weighted by Crippen LogP contribution is -2.28. The van der Waals surface area contributed by atoms with Crippen molar-refractivity contribution >= 4 is 21.9 Å². The Morgan fingerprint density at radius 1 is 0.364 bits per heavy atom. The minimum absolute atomic E-state index is 0.413. The van der Waals surface area contributed by atoms with Crippen LogP contribution in [-0.2, 0) is 5.41 Å². The lowest BCUT2D eigenvalue weighted by molar-refractivity contribution is 0.669. The summed E-state index contributed by atoms with van der Waals surface area (Å²) in [6.07, 6.45) is 0. The molecule has 0 bridgehead atoms. The molecule has 0 saturated heterocycles. The van der Waals surface area contributed by atoms with Crippen LogP contribution in [0, 0.1) is 0 Å². The topological polar surface area (TPSA) is 13.1 Å². The number of furan rings is 1. The van der Waals surface area contributed by atoms with Gasteiger partial charge in [-0.3, -0.25) is 0 Å². The summed E-state index contributed by atoms with van der Waals surface area (Å²) < 4.78 is 6.21. The lowest BCUT2D eigenvalue weighted by atomic mass is 9.67. The van der Waals surface area contributed by atoms with E-state index in [-0.39, 0.29) is 0 Å². The van der Waals surface area contributed by atoms with E-state index in [0.717, 1.165) is 21.9 Å². The van der Waals surface area contributed by atoms with Gasteiger partial charge in [0, 0.05) is 10.8 Å². The average Bonchev–Trinajstić information content (AvgIpc) is 3.63. The van der Waals surface area contributed by atoms with Crippen LogP contribution in [-0.4, -0.2) is 0 Å². The molecule has 1 aliphatic carbocycles. The molecule has 7 aromatic carbocycles. The van der Waals surface area contributed by atoms with Crippen LogP contribution in [0.4, 0.5) is 0 Å². The third-order valence-electron chi connectivity index (χ3n) is 9.36. The van der Waals surface area contributed by atoms with E-state index in [1.807, 2.05) is 12.1 Å². The monoisotopic (exact) mass is 560 g/mol. The number of hydrogen-bond acceptors (Lipinski definition) is 1. The van der Waals surface area contributed by atoms with Gasteiger partial charge in [0.15, 0.2) is 0 Å². The van der Waals surface area contributed by atoms with Crippen molar-refractivity contribution in [3.8, 4) is 33.4 Å². The Hall–Kier alpha value is -5.66. The molecule has 0 spiro atoms. The minimum Gasteiger partial charge on any atom is -0.456 e. The van der Waals surface area contributed by atoms with Crippen LogP contribution in [0.5, 0.6) is 0 Å². The summed E-state index contributed by atoms with van der Waals surface area (Å²) >= 11 is 0. The Labute approximate surface area is 256 Å². The van der Waals surface area contributed by atoms with E-state index in [4.69, 9.17) is 4.42 Å². The van der Waals surface area contributed by atoms with Crippen LogP contribution in [0.15, 0.2) is 174 Å². The maximum Gasteiger partial charge on any atom is 0.136 e. The van der Waals surface area contributed by atoms with Crippen LogP contribution < -0.4 is 0 Å². The zero-order valence-electron chi connectivity index (χ0n) is 24.1. The maximum absolute atomic E-state index is 6.21. The average molecular weight is 561 g/mol. The van der Waals surface area contributed by atoms with Crippen LogP contribution in [0.1, 0.15) is 22.3 Å². The third-order valence-corrected chi connectivity index (χ3v) is 9.36. The van der Waals surface area contributed by atoms with Gasteiger partial charge in [0.1, 0.15) is 11.2 Å². The van der Waals surface area contributed by atoms with Gasteiger partial charge in [-0.15, -0.1) is 0 Å². The second kappa shape index (κ2) is 9.69. The van der Waals surface area contributed by atoms with E-state index >= 15 is 0 Å². The van der Waals surface area contributed by atoms with Gasteiger partial charge in [0.05, 0.1) is 5.41 Å². The van der Waals surface area contributed by atoms with Crippen LogP contribution >= 0.6 is 0 Å². The predicted molar refractivity (Wildman–Crippen MR) is 182 cm³/mol. The predicted octanol–water partition coefficient (Wildman–Crippen LogP) is 11.3. The van der Waals surface area contributed by atoms with Gasteiger partial charge in [-0.25, -0.2) is 0 Å². The maximum atomic E-state index is 6.21. The Bertz CT molecular complexity index is 2290. The molecule has 1 heteroatoms. The largest absolute Gasteiger partial charge is 0.456 e. The first-order chi connectivity index (χ1) is 21.8. The van der Waals surface area contributed by atoms with Crippen molar-refractivity contribution in [2.45, 2.75) is 5.41 Å². The van der Waals surface area contributed by atoms with Crippen LogP contribution in [0.3, 0.4) is 0 Å². The molecule has 0 aliphatic heterocycles. The fraction of sp³-hybridized carbons (Fsp3) is 0.0233. The molecule has 0 unspecified atom stereocenters. The lowest BCUT2D eigenvalue weighted by Gasteiger charge is -2.34. The Kier molecular flexibility index (Phi) is 5.48. The second-order valence-corrected chi connectivity index (χ2v) is 11.6. The van der Waals surface area contributed by atoms with Gasteiger partial charge in [-0.1, -0.05) is 146 Å². The number of rotatable bonds is 4. The molecule has 0 radical (unpaired) electrons. The summed E-state index contributed by atoms with van der Waals surface area (Å²) in [5.41, 5.74) is 14.0. The van der Waals surface area contributed by atoms with Crippen molar-refractivity contribution in [3.05, 3.63) is 192 Å². The summed E-state index contributed by atoms with van der Waals surface area (Å²) in [6.45, 7) is 0. The summed E-state index contributed by atoms with van der Waals surface area (Å²) in [4.78, 5) is 0. The van der Waals surface area contributed by atoms with Crippen molar-refractivity contribution in [3.63, 3.8) is 0 Å². The number of hydrogen-bond donors (Lipinski definition) is 0. The normalized spacial score (nSPS) is 13.2. The smallest absolute Gasteiger partial charge is 0.136 e. The molecule has 1 nitrogen and oxygen atoms in total. The van der Waals surface area contributed by atoms with E-state index in [9.17, 15) is 0 Å². The van der Waals surface area contributed by atoms with Crippen LogP contribution in [0.2, 0.25) is 0 Å². The number of benzene rings is 7. The summed E-state index contributed by atoms with van der Waals surface area (Å²) in [7, 11) is 0. The van der Waals surface area contributed by atoms with Gasteiger partial charge in [0.25, 0.3) is 0 Å². The van der Waals surface area contributed by atoms with E-state index < -0.39 is 5.41 Å². The molecular weight excluding hydrogens is 532 g/mol. The molecule has 8 aromatic rings. The SMILES string of the molecule is c1ccc(C2(c3cccc(-c4cccc(-c5cccc6oc7ccccc7c56)c4)c3)c3ccccc3-c3ccccc32)cc1. The van der Waals surface area contributed by atoms with Crippen molar-refractivity contribution in [1.29, 1.82) is 0 Å². The highest BCUT2D eigenvalue weighted by Crippen LogP contribution is 2.56. The first kappa shape index (κ1) is 24.9. The molecule has 1 aromatic heterocycles. The number of fused-ring (bicyclic) bond motifs is 6. The quantitative estimate of drug-likeness (QED) is 0.209. The molecule has 206 valence electrons. The first-order valence-electron chi connectivity index (χ1n) is 15.2. The first-order valence-corrected chi connectivity index (χ1v) is 15.2. The van der Waals surface area contributed by atoms with Crippen molar-refractivity contribution in [2.75, 3.05) is 0 Å².